The number of halogens is 1. The average molecular weight is 281 g/mol. The summed E-state index contributed by atoms with van der Waals surface area (Å²) >= 11 is 0. The molecule has 2 atom stereocenters. The summed E-state index contributed by atoms with van der Waals surface area (Å²) in [6.45, 7) is 2.52. The maximum Gasteiger partial charge on any atom is 0.168 e. The average Bonchev–Trinajstić information content (AvgIpc) is 3.00. The quantitative estimate of drug-likeness (QED) is 0.842. The second-order valence-electron chi connectivity index (χ2n) is 5.99. The molecule has 1 fully saturated rings. The molecule has 0 spiro atoms. The summed E-state index contributed by atoms with van der Waals surface area (Å²) < 4.78 is 13.3. The van der Waals surface area contributed by atoms with Crippen LogP contribution < -0.4 is 0 Å². The highest BCUT2D eigenvalue weighted by atomic mass is 19.1. The van der Waals surface area contributed by atoms with Gasteiger partial charge in [0.15, 0.2) is 5.78 Å². The minimum Gasteiger partial charge on any atom is -0.298 e. The smallest absolute Gasteiger partial charge is 0.168 e. The Balaban J connectivity index is 1.57. The summed E-state index contributed by atoms with van der Waals surface area (Å²) in [5.74, 6) is 0.0376. The minimum absolute atomic E-state index is 0.00510. The third-order valence-electron chi connectivity index (χ3n) is 4.66. The highest BCUT2D eigenvalue weighted by Gasteiger charge is 2.45. The monoisotopic (exact) mass is 281 g/mol. The van der Waals surface area contributed by atoms with Gasteiger partial charge in [-0.15, -0.1) is 0 Å². The van der Waals surface area contributed by atoms with Crippen molar-refractivity contribution in [3.05, 3.63) is 71.0 Å². The minimum atomic E-state index is -0.316. The van der Waals surface area contributed by atoms with Crippen LogP contribution in [0.25, 0.3) is 0 Å². The topological polar surface area (TPSA) is 20.3 Å². The molecule has 2 aromatic carbocycles. The van der Waals surface area contributed by atoms with Crippen molar-refractivity contribution in [2.24, 2.45) is 5.92 Å². The van der Waals surface area contributed by atoms with Gasteiger partial charge in [-0.2, -0.15) is 0 Å². The summed E-state index contributed by atoms with van der Waals surface area (Å²) in [7, 11) is 0. The lowest BCUT2D eigenvalue weighted by atomic mass is 9.96. The van der Waals surface area contributed by atoms with Gasteiger partial charge in [0.2, 0.25) is 0 Å². The number of hydrogen-bond acceptors (Lipinski definition) is 2. The first kappa shape index (κ1) is 12.7. The number of benzene rings is 2. The largest absolute Gasteiger partial charge is 0.298 e. The molecule has 3 heteroatoms. The van der Waals surface area contributed by atoms with Gasteiger partial charge >= 0.3 is 0 Å². The molecule has 0 N–H and O–H groups in total. The Morgan fingerprint density at radius 2 is 1.81 bits per heavy atom. The van der Waals surface area contributed by atoms with E-state index in [2.05, 4.69) is 17.0 Å². The molecule has 1 saturated heterocycles. The Labute approximate surface area is 123 Å². The van der Waals surface area contributed by atoms with Crippen molar-refractivity contribution in [1.29, 1.82) is 0 Å². The van der Waals surface area contributed by atoms with Crippen LogP contribution in [-0.4, -0.2) is 23.8 Å². The molecule has 2 aromatic rings. The van der Waals surface area contributed by atoms with Gasteiger partial charge in [0, 0.05) is 37.0 Å². The van der Waals surface area contributed by atoms with E-state index in [9.17, 15) is 9.18 Å². The lowest BCUT2D eigenvalue weighted by Gasteiger charge is -2.17. The van der Waals surface area contributed by atoms with Gasteiger partial charge in [0.05, 0.1) is 0 Å². The van der Waals surface area contributed by atoms with Crippen LogP contribution >= 0.6 is 0 Å². The van der Waals surface area contributed by atoms with Gasteiger partial charge in [-0.25, -0.2) is 4.39 Å². The second-order valence-corrected chi connectivity index (χ2v) is 5.99. The fraction of sp³-hybridized carbons (Fsp3) is 0.278. The standard InChI is InChI=1S/C18H16FNO/c19-13-6-7-14-15(8-13)18(21)17-11-20(10-16(14)17)9-12-4-2-1-3-5-12/h1-8,16-17H,9-11H2. The van der Waals surface area contributed by atoms with Gasteiger partial charge in [-0.3, -0.25) is 9.69 Å². The van der Waals surface area contributed by atoms with Crippen molar-refractivity contribution in [2.75, 3.05) is 13.1 Å². The van der Waals surface area contributed by atoms with Gasteiger partial charge in [0.25, 0.3) is 0 Å². The molecule has 1 aliphatic carbocycles. The van der Waals surface area contributed by atoms with Crippen molar-refractivity contribution in [3.63, 3.8) is 0 Å². The fourth-order valence-corrected chi connectivity index (χ4v) is 3.70. The molecule has 0 saturated carbocycles. The number of likely N-dealkylation sites (tertiary alicyclic amines) is 1. The van der Waals surface area contributed by atoms with E-state index in [4.69, 9.17) is 0 Å². The molecule has 4 rings (SSSR count). The lowest BCUT2D eigenvalue weighted by Crippen LogP contribution is -2.23. The normalized spacial score (nSPS) is 24.1. The molecule has 1 heterocycles. The first-order valence-electron chi connectivity index (χ1n) is 7.32. The van der Waals surface area contributed by atoms with E-state index in [1.807, 2.05) is 18.2 Å². The van der Waals surface area contributed by atoms with E-state index in [0.717, 1.165) is 25.2 Å². The number of carbonyl (C=O) groups is 1. The summed E-state index contributed by atoms with van der Waals surface area (Å²) in [5, 5.41) is 0. The van der Waals surface area contributed by atoms with Crippen LogP contribution in [0.15, 0.2) is 48.5 Å². The number of fused-ring (bicyclic) bond motifs is 3. The molecule has 0 aromatic heterocycles. The number of carbonyl (C=O) groups excluding carboxylic acids is 1. The first-order valence-corrected chi connectivity index (χ1v) is 7.32. The van der Waals surface area contributed by atoms with E-state index in [0.29, 0.717) is 5.56 Å². The molecular weight excluding hydrogens is 265 g/mol. The van der Waals surface area contributed by atoms with Crippen molar-refractivity contribution < 1.29 is 9.18 Å². The Morgan fingerprint density at radius 3 is 2.62 bits per heavy atom. The Kier molecular flexibility index (Phi) is 2.89. The summed E-state index contributed by atoms with van der Waals surface area (Å²) in [6.07, 6.45) is 0. The lowest BCUT2D eigenvalue weighted by molar-refractivity contribution is 0.0931. The Bertz CT molecular complexity index is 698. The maximum absolute atomic E-state index is 13.3. The van der Waals surface area contributed by atoms with Gasteiger partial charge in [-0.05, 0) is 23.3 Å². The highest BCUT2D eigenvalue weighted by Crippen LogP contribution is 2.43. The van der Waals surface area contributed by atoms with Crippen LogP contribution in [0.2, 0.25) is 0 Å². The second kappa shape index (κ2) is 4.78. The summed E-state index contributed by atoms with van der Waals surface area (Å²) in [5.41, 5.74) is 2.90. The predicted molar refractivity (Wildman–Crippen MR) is 78.7 cm³/mol. The van der Waals surface area contributed by atoms with Crippen molar-refractivity contribution in [3.8, 4) is 0 Å². The molecule has 0 bridgehead atoms. The fourth-order valence-electron chi connectivity index (χ4n) is 3.70. The third kappa shape index (κ3) is 2.09. The number of rotatable bonds is 2. The molecule has 106 valence electrons. The van der Waals surface area contributed by atoms with Gasteiger partial charge < -0.3 is 0 Å². The van der Waals surface area contributed by atoms with E-state index < -0.39 is 0 Å². The summed E-state index contributed by atoms with van der Waals surface area (Å²) in [4.78, 5) is 14.8. The van der Waals surface area contributed by atoms with Crippen molar-refractivity contribution in [2.45, 2.75) is 12.5 Å². The molecule has 2 aliphatic rings. The zero-order chi connectivity index (χ0) is 14.4. The van der Waals surface area contributed by atoms with Crippen LogP contribution in [0.1, 0.15) is 27.4 Å². The van der Waals surface area contributed by atoms with Crippen molar-refractivity contribution in [1.82, 2.24) is 4.90 Å². The van der Waals surface area contributed by atoms with Crippen LogP contribution in [0, 0.1) is 11.7 Å². The number of nitrogens with zero attached hydrogens (tertiary/aromatic N) is 1. The van der Waals surface area contributed by atoms with E-state index in [1.165, 1.54) is 17.7 Å². The Morgan fingerprint density at radius 1 is 1.05 bits per heavy atom. The van der Waals surface area contributed by atoms with Crippen molar-refractivity contribution >= 4 is 5.78 Å². The molecule has 2 unspecified atom stereocenters. The van der Waals surface area contributed by atoms with Crippen LogP contribution in [0.4, 0.5) is 4.39 Å². The number of Topliss-reactive ketones (excluding diaryl/α,β-unsaturated/α-hetero) is 1. The third-order valence-corrected chi connectivity index (χ3v) is 4.66. The maximum atomic E-state index is 13.3. The zero-order valence-corrected chi connectivity index (χ0v) is 11.6. The Hall–Kier alpha value is -2.00. The predicted octanol–water partition coefficient (Wildman–Crippen LogP) is 3.24. The molecule has 1 aliphatic heterocycles. The number of ketones is 1. The zero-order valence-electron chi connectivity index (χ0n) is 11.6. The number of hydrogen-bond donors (Lipinski definition) is 0. The van der Waals surface area contributed by atoms with E-state index >= 15 is 0 Å². The first-order chi connectivity index (χ1) is 10.2. The highest BCUT2D eigenvalue weighted by molar-refractivity contribution is 6.03. The molecule has 21 heavy (non-hydrogen) atoms. The molecule has 0 amide bonds. The van der Waals surface area contributed by atoms with E-state index in [1.54, 1.807) is 6.07 Å². The van der Waals surface area contributed by atoms with E-state index in [-0.39, 0.29) is 23.4 Å². The SMILES string of the molecule is O=C1c2cc(F)ccc2C2CN(Cc3ccccc3)CC12. The van der Waals surface area contributed by atoms with Gasteiger partial charge in [0.1, 0.15) is 5.82 Å². The molecular formula is C18H16FNO. The van der Waals surface area contributed by atoms with Gasteiger partial charge in [-0.1, -0.05) is 36.4 Å². The summed E-state index contributed by atoms with van der Waals surface area (Å²) in [6, 6.07) is 15.0. The van der Waals surface area contributed by atoms with Crippen LogP contribution in [0.5, 0.6) is 0 Å². The van der Waals surface area contributed by atoms with Crippen LogP contribution in [0.3, 0.4) is 0 Å². The molecule has 2 nitrogen and oxygen atoms in total. The molecule has 0 radical (unpaired) electrons. The van der Waals surface area contributed by atoms with Crippen LogP contribution in [-0.2, 0) is 6.54 Å².